The molecule has 0 aromatic heterocycles. The van der Waals surface area contributed by atoms with Gasteiger partial charge in [-0.15, -0.1) is 0 Å². The number of rotatable bonds is 1. The summed E-state index contributed by atoms with van der Waals surface area (Å²) in [4.78, 5) is 4.69. The van der Waals surface area contributed by atoms with Crippen LogP contribution in [-0.2, 0) is 0 Å². The third kappa shape index (κ3) is 2.48. The maximum Gasteiger partial charge on any atom is 0.0229 e. The van der Waals surface area contributed by atoms with Crippen molar-refractivity contribution in [1.82, 2.24) is 9.80 Å². The van der Waals surface area contributed by atoms with Gasteiger partial charge in [-0.2, -0.15) is 13.5 Å². The van der Waals surface area contributed by atoms with Gasteiger partial charge in [0, 0.05) is 12.6 Å². The SMILES string of the molecule is CN1CC[C@H](N(C)C)C1.S. The van der Waals surface area contributed by atoms with E-state index < -0.39 is 0 Å². The summed E-state index contributed by atoms with van der Waals surface area (Å²) in [5.74, 6) is 0. The maximum atomic E-state index is 2.38. The number of likely N-dealkylation sites (tertiary alicyclic amines) is 1. The van der Waals surface area contributed by atoms with E-state index in [1.807, 2.05) is 0 Å². The van der Waals surface area contributed by atoms with E-state index >= 15 is 0 Å². The highest BCUT2D eigenvalue weighted by Crippen LogP contribution is 2.09. The first-order valence-corrected chi connectivity index (χ1v) is 3.55. The molecule has 0 aromatic rings. The molecule has 62 valence electrons. The second kappa shape index (κ2) is 4.21. The largest absolute Gasteiger partial charge is 0.305 e. The van der Waals surface area contributed by atoms with Gasteiger partial charge in [0.25, 0.3) is 0 Å². The molecule has 0 unspecified atom stereocenters. The third-order valence-electron chi connectivity index (χ3n) is 2.10. The lowest BCUT2D eigenvalue weighted by Crippen LogP contribution is -2.30. The first-order valence-electron chi connectivity index (χ1n) is 3.55. The van der Waals surface area contributed by atoms with Gasteiger partial charge >= 0.3 is 0 Å². The lowest BCUT2D eigenvalue weighted by Gasteiger charge is -2.17. The zero-order valence-electron chi connectivity index (χ0n) is 7.09. The molecule has 2 nitrogen and oxygen atoms in total. The molecule has 1 rings (SSSR count). The molecule has 0 amide bonds. The van der Waals surface area contributed by atoms with Gasteiger partial charge in [-0.25, -0.2) is 0 Å². The first kappa shape index (κ1) is 10.3. The quantitative estimate of drug-likeness (QED) is 0.549. The van der Waals surface area contributed by atoms with Gasteiger partial charge in [0.15, 0.2) is 0 Å². The Kier molecular flexibility index (Phi) is 4.32. The minimum Gasteiger partial charge on any atom is -0.305 e. The van der Waals surface area contributed by atoms with Gasteiger partial charge in [0.1, 0.15) is 0 Å². The Hall–Kier alpha value is 0.270. The van der Waals surface area contributed by atoms with Crippen molar-refractivity contribution in [2.75, 3.05) is 34.2 Å². The van der Waals surface area contributed by atoms with Crippen LogP contribution in [-0.4, -0.2) is 50.1 Å². The summed E-state index contributed by atoms with van der Waals surface area (Å²) in [6.07, 6.45) is 1.34. The normalized spacial score (nSPS) is 27.0. The summed E-state index contributed by atoms with van der Waals surface area (Å²) in [7, 11) is 6.50. The van der Waals surface area contributed by atoms with Crippen LogP contribution in [0.15, 0.2) is 0 Å². The Morgan fingerprint density at radius 2 is 2.00 bits per heavy atom. The Morgan fingerprint density at radius 1 is 1.40 bits per heavy atom. The molecular weight excluding hydrogens is 144 g/mol. The van der Waals surface area contributed by atoms with Crippen molar-refractivity contribution in [1.29, 1.82) is 0 Å². The Labute approximate surface area is 70.6 Å². The standard InChI is InChI=1S/C7H16N2.H2S/c1-8(2)7-4-5-9(3)6-7;/h7H,4-6H2,1-3H3;1H2/t7-;/m0./s1. The molecule has 0 aliphatic carbocycles. The molecule has 3 heteroatoms. The Bertz CT molecular complexity index is 95.6. The highest BCUT2D eigenvalue weighted by molar-refractivity contribution is 7.59. The van der Waals surface area contributed by atoms with Crippen LogP contribution in [0.1, 0.15) is 6.42 Å². The van der Waals surface area contributed by atoms with Crippen LogP contribution in [0.4, 0.5) is 0 Å². The molecule has 0 aromatic carbocycles. The van der Waals surface area contributed by atoms with Gasteiger partial charge in [0.2, 0.25) is 0 Å². The highest BCUT2D eigenvalue weighted by Gasteiger charge is 2.20. The van der Waals surface area contributed by atoms with E-state index in [9.17, 15) is 0 Å². The van der Waals surface area contributed by atoms with E-state index in [0.717, 1.165) is 6.04 Å². The molecule has 1 saturated heterocycles. The fourth-order valence-electron chi connectivity index (χ4n) is 1.33. The Balaban J connectivity index is 0.000000810. The highest BCUT2D eigenvalue weighted by atomic mass is 32.1. The lowest BCUT2D eigenvalue weighted by atomic mass is 10.2. The van der Waals surface area contributed by atoms with Crippen LogP contribution < -0.4 is 0 Å². The van der Waals surface area contributed by atoms with E-state index in [1.165, 1.54) is 19.5 Å². The second-order valence-corrected chi connectivity index (χ2v) is 3.17. The average Bonchev–Trinajstić information content (AvgIpc) is 2.14. The summed E-state index contributed by atoms with van der Waals surface area (Å²) >= 11 is 0. The fourth-order valence-corrected chi connectivity index (χ4v) is 1.33. The van der Waals surface area contributed by atoms with Crippen molar-refractivity contribution in [2.45, 2.75) is 12.5 Å². The molecule has 0 bridgehead atoms. The molecular formula is C7H18N2S. The van der Waals surface area contributed by atoms with Crippen molar-refractivity contribution in [3.8, 4) is 0 Å². The van der Waals surface area contributed by atoms with E-state index in [0.29, 0.717) is 0 Å². The summed E-state index contributed by atoms with van der Waals surface area (Å²) in [6.45, 7) is 2.51. The summed E-state index contributed by atoms with van der Waals surface area (Å²) in [5.41, 5.74) is 0. The van der Waals surface area contributed by atoms with Gasteiger partial charge in [-0.1, -0.05) is 0 Å². The van der Waals surface area contributed by atoms with Crippen LogP contribution in [0, 0.1) is 0 Å². The second-order valence-electron chi connectivity index (χ2n) is 3.17. The number of likely N-dealkylation sites (N-methyl/N-ethyl adjacent to an activating group) is 2. The molecule has 1 atom stereocenters. The predicted octanol–water partition coefficient (Wildman–Crippen LogP) is 0.365. The van der Waals surface area contributed by atoms with Crippen LogP contribution in [0.3, 0.4) is 0 Å². The zero-order valence-corrected chi connectivity index (χ0v) is 8.09. The molecule has 1 fully saturated rings. The van der Waals surface area contributed by atoms with Gasteiger partial charge in [0.05, 0.1) is 0 Å². The van der Waals surface area contributed by atoms with Crippen molar-refractivity contribution in [3.05, 3.63) is 0 Å². The molecule has 10 heavy (non-hydrogen) atoms. The van der Waals surface area contributed by atoms with E-state index in [-0.39, 0.29) is 13.5 Å². The molecule has 0 radical (unpaired) electrons. The predicted molar refractivity (Wildman–Crippen MR) is 50.0 cm³/mol. The van der Waals surface area contributed by atoms with Gasteiger partial charge in [-0.3, -0.25) is 0 Å². The average molecular weight is 162 g/mol. The zero-order chi connectivity index (χ0) is 6.85. The van der Waals surface area contributed by atoms with Gasteiger partial charge in [-0.05, 0) is 34.1 Å². The number of hydrogen-bond acceptors (Lipinski definition) is 2. The van der Waals surface area contributed by atoms with Crippen molar-refractivity contribution in [3.63, 3.8) is 0 Å². The topological polar surface area (TPSA) is 6.48 Å². The van der Waals surface area contributed by atoms with Crippen molar-refractivity contribution >= 4 is 13.5 Å². The molecule has 0 spiro atoms. The Morgan fingerprint density at radius 3 is 2.20 bits per heavy atom. The van der Waals surface area contributed by atoms with Crippen LogP contribution in [0.25, 0.3) is 0 Å². The molecule has 1 heterocycles. The summed E-state index contributed by atoms with van der Waals surface area (Å²) in [6, 6.07) is 0.801. The van der Waals surface area contributed by atoms with Crippen molar-refractivity contribution in [2.24, 2.45) is 0 Å². The first-order chi connectivity index (χ1) is 4.20. The number of hydrogen-bond donors (Lipinski definition) is 0. The van der Waals surface area contributed by atoms with E-state index in [1.54, 1.807) is 0 Å². The smallest absolute Gasteiger partial charge is 0.0229 e. The lowest BCUT2D eigenvalue weighted by molar-refractivity contribution is 0.288. The van der Waals surface area contributed by atoms with Crippen LogP contribution >= 0.6 is 13.5 Å². The maximum absolute atomic E-state index is 2.38. The van der Waals surface area contributed by atoms with Crippen LogP contribution in [0.2, 0.25) is 0 Å². The monoisotopic (exact) mass is 162 g/mol. The third-order valence-corrected chi connectivity index (χ3v) is 2.10. The van der Waals surface area contributed by atoms with Gasteiger partial charge < -0.3 is 9.80 Å². The van der Waals surface area contributed by atoms with Crippen molar-refractivity contribution < 1.29 is 0 Å². The molecule has 1 aliphatic heterocycles. The molecule has 0 saturated carbocycles. The number of nitrogens with zero attached hydrogens (tertiary/aromatic N) is 2. The minimum absolute atomic E-state index is 0. The molecule has 1 aliphatic rings. The van der Waals surface area contributed by atoms with Crippen LogP contribution in [0.5, 0.6) is 0 Å². The van der Waals surface area contributed by atoms with E-state index in [4.69, 9.17) is 0 Å². The fraction of sp³-hybridized carbons (Fsp3) is 1.00. The van der Waals surface area contributed by atoms with E-state index in [2.05, 4.69) is 30.9 Å². The molecule has 0 N–H and O–H groups in total. The summed E-state index contributed by atoms with van der Waals surface area (Å²) < 4.78 is 0. The summed E-state index contributed by atoms with van der Waals surface area (Å²) in [5, 5.41) is 0. The minimum atomic E-state index is 0.